The summed E-state index contributed by atoms with van der Waals surface area (Å²) in [6.45, 7) is 4.61. The fourth-order valence-corrected chi connectivity index (χ4v) is 2.90. The molecular weight excluding hydrogens is 366 g/mol. The van der Waals surface area contributed by atoms with Crippen LogP contribution in [0, 0.1) is 0 Å². The second kappa shape index (κ2) is 9.68. The Bertz CT molecular complexity index is 952. The number of carbonyl (C=O) groups is 2. The number of nitrogens with one attached hydrogen (secondary N) is 1. The van der Waals surface area contributed by atoms with Crippen LogP contribution in [0.3, 0.4) is 0 Å². The first-order valence-electron chi connectivity index (χ1n) is 9.74. The van der Waals surface area contributed by atoms with Crippen LogP contribution >= 0.6 is 0 Å². The third-order valence-electron chi connectivity index (χ3n) is 4.42. The number of nitrogens with zero attached hydrogens (tertiary/aromatic N) is 2. The van der Waals surface area contributed by atoms with Gasteiger partial charge in [0.2, 0.25) is 0 Å². The van der Waals surface area contributed by atoms with E-state index in [0.717, 1.165) is 17.5 Å². The van der Waals surface area contributed by atoms with Crippen molar-refractivity contribution < 1.29 is 14.3 Å². The van der Waals surface area contributed by atoms with Gasteiger partial charge in [-0.2, -0.15) is 5.10 Å². The van der Waals surface area contributed by atoms with E-state index in [9.17, 15) is 9.59 Å². The lowest BCUT2D eigenvalue weighted by molar-refractivity contribution is -0.129. The highest BCUT2D eigenvalue weighted by molar-refractivity contribution is 5.97. The molecule has 1 atom stereocenters. The van der Waals surface area contributed by atoms with E-state index in [1.54, 1.807) is 17.8 Å². The lowest BCUT2D eigenvalue weighted by Crippen LogP contribution is -2.36. The minimum atomic E-state index is -0.879. The molecule has 0 spiro atoms. The lowest BCUT2D eigenvalue weighted by atomic mass is 10.1. The standard InChI is InChI=1S/C23H25N3O3/c1-3-14-24-22(27)17(2)29-23(28)20-16-26(15-18-10-6-4-7-11-18)25-21(20)19-12-8-5-9-13-19/h4-13,16-17H,3,14-15H2,1-2H3,(H,24,27)/t17-/m0/s1. The molecule has 3 rings (SSSR count). The zero-order valence-electron chi connectivity index (χ0n) is 16.7. The Kier molecular flexibility index (Phi) is 6.79. The summed E-state index contributed by atoms with van der Waals surface area (Å²) in [6.07, 6.45) is 1.61. The van der Waals surface area contributed by atoms with E-state index in [4.69, 9.17) is 4.74 Å². The number of ether oxygens (including phenoxy) is 1. The number of hydrogen-bond acceptors (Lipinski definition) is 4. The Morgan fingerprint density at radius 3 is 2.38 bits per heavy atom. The quantitative estimate of drug-likeness (QED) is 0.595. The van der Waals surface area contributed by atoms with Crippen LogP contribution in [-0.4, -0.2) is 34.3 Å². The van der Waals surface area contributed by atoms with Crippen molar-refractivity contribution in [3.63, 3.8) is 0 Å². The Hall–Kier alpha value is -3.41. The lowest BCUT2D eigenvalue weighted by Gasteiger charge is -2.13. The first-order valence-corrected chi connectivity index (χ1v) is 9.74. The van der Waals surface area contributed by atoms with Crippen LogP contribution in [0.1, 0.15) is 36.2 Å². The Balaban J connectivity index is 1.85. The number of rotatable bonds is 8. The van der Waals surface area contributed by atoms with Crippen molar-refractivity contribution in [2.45, 2.75) is 32.9 Å². The number of esters is 1. The molecule has 0 unspecified atom stereocenters. The van der Waals surface area contributed by atoms with Crippen molar-refractivity contribution in [1.82, 2.24) is 15.1 Å². The SMILES string of the molecule is CCCNC(=O)[C@H](C)OC(=O)c1cn(Cc2ccccc2)nc1-c1ccccc1. The molecule has 0 saturated carbocycles. The highest BCUT2D eigenvalue weighted by Crippen LogP contribution is 2.23. The monoisotopic (exact) mass is 391 g/mol. The van der Waals surface area contributed by atoms with E-state index in [2.05, 4.69) is 10.4 Å². The van der Waals surface area contributed by atoms with Crippen LogP contribution < -0.4 is 5.32 Å². The molecule has 0 aliphatic heterocycles. The van der Waals surface area contributed by atoms with Crippen molar-refractivity contribution >= 4 is 11.9 Å². The molecule has 0 aliphatic rings. The summed E-state index contributed by atoms with van der Waals surface area (Å²) >= 11 is 0. The van der Waals surface area contributed by atoms with Crippen molar-refractivity contribution in [2.75, 3.05) is 6.54 Å². The Morgan fingerprint density at radius 2 is 1.72 bits per heavy atom. The number of carbonyl (C=O) groups excluding carboxylic acids is 2. The summed E-state index contributed by atoms with van der Waals surface area (Å²) in [5.74, 6) is -0.875. The average Bonchev–Trinajstić information content (AvgIpc) is 3.17. The highest BCUT2D eigenvalue weighted by atomic mass is 16.5. The van der Waals surface area contributed by atoms with E-state index in [1.165, 1.54) is 0 Å². The third-order valence-corrected chi connectivity index (χ3v) is 4.42. The van der Waals surface area contributed by atoms with Gasteiger partial charge >= 0.3 is 5.97 Å². The van der Waals surface area contributed by atoms with Crippen LogP contribution in [0.5, 0.6) is 0 Å². The van der Waals surface area contributed by atoms with Gasteiger partial charge in [0.15, 0.2) is 6.10 Å². The van der Waals surface area contributed by atoms with Gasteiger partial charge in [-0.15, -0.1) is 0 Å². The molecule has 1 aromatic heterocycles. The molecule has 150 valence electrons. The van der Waals surface area contributed by atoms with Gasteiger partial charge in [0.1, 0.15) is 11.3 Å². The van der Waals surface area contributed by atoms with Gasteiger partial charge in [0.25, 0.3) is 5.91 Å². The van der Waals surface area contributed by atoms with Crippen molar-refractivity contribution in [1.29, 1.82) is 0 Å². The fraction of sp³-hybridized carbons (Fsp3) is 0.261. The topological polar surface area (TPSA) is 73.2 Å². The second-order valence-electron chi connectivity index (χ2n) is 6.78. The Labute approximate surface area is 170 Å². The molecule has 3 aromatic rings. The normalized spacial score (nSPS) is 11.7. The zero-order chi connectivity index (χ0) is 20.6. The fourth-order valence-electron chi connectivity index (χ4n) is 2.90. The maximum atomic E-state index is 12.8. The largest absolute Gasteiger partial charge is 0.449 e. The summed E-state index contributed by atoms with van der Waals surface area (Å²) in [7, 11) is 0. The smallest absolute Gasteiger partial charge is 0.342 e. The molecule has 29 heavy (non-hydrogen) atoms. The molecule has 6 heteroatoms. The molecular formula is C23H25N3O3. The second-order valence-corrected chi connectivity index (χ2v) is 6.78. The van der Waals surface area contributed by atoms with E-state index in [1.807, 2.05) is 67.6 Å². The molecule has 2 aromatic carbocycles. The molecule has 1 heterocycles. The van der Waals surface area contributed by atoms with E-state index >= 15 is 0 Å². The molecule has 0 fully saturated rings. The number of hydrogen-bond donors (Lipinski definition) is 1. The highest BCUT2D eigenvalue weighted by Gasteiger charge is 2.24. The van der Waals surface area contributed by atoms with Crippen LogP contribution in [0.2, 0.25) is 0 Å². The van der Waals surface area contributed by atoms with Crippen LogP contribution in [0.25, 0.3) is 11.3 Å². The van der Waals surface area contributed by atoms with E-state index in [-0.39, 0.29) is 5.91 Å². The molecule has 0 saturated heterocycles. The maximum Gasteiger partial charge on any atom is 0.342 e. The van der Waals surface area contributed by atoms with Crippen molar-refractivity contribution in [2.24, 2.45) is 0 Å². The van der Waals surface area contributed by atoms with E-state index < -0.39 is 12.1 Å². The predicted octanol–water partition coefficient (Wildman–Crippen LogP) is 3.67. The molecule has 0 bridgehead atoms. The van der Waals surface area contributed by atoms with Gasteiger partial charge in [-0.1, -0.05) is 67.6 Å². The number of aromatic nitrogens is 2. The molecule has 1 amide bonds. The van der Waals surface area contributed by atoms with Gasteiger partial charge < -0.3 is 10.1 Å². The summed E-state index contributed by atoms with van der Waals surface area (Å²) in [4.78, 5) is 24.9. The molecule has 1 N–H and O–H groups in total. The first-order chi connectivity index (χ1) is 14.1. The maximum absolute atomic E-state index is 12.8. The summed E-state index contributed by atoms with van der Waals surface area (Å²) in [6, 6.07) is 19.4. The van der Waals surface area contributed by atoms with Gasteiger partial charge in [0.05, 0.1) is 6.54 Å². The average molecular weight is 391 g/mol. The molecule has 0 radical (unpaired) electrons. The minimum absolute atomic E-state index is 0.307. The van der Waals surface area contributed by atoms with Crippen molar-refractivity contribution in [3.05, 3.63) is 78.0 Å². The molecule has 0 aliphatic carbocycles. The summed E-state index contributed by atoms with van der Waals surface area (Å²) in [5.41, 5.74) is 2.76. The van der Waals surface area contributed by atoms with Crippen LogP contribution in [-0.2, 0) is 16.1 Å². The Morgan fingerprint density at radius 1 is 1.07 bits per heavy atom. The van der Waals surface area contributed by atoms with Gasteiger partial charge in [-0.05, 0) is 18.9 Å². The summed E-state index contributed by atoms with van der Waals surface area (Å²) in [5, 5.41) is 7.35. The minimum Gasteiger partial charge on any atom is -0.449 e. The summed E-state index contributed by atoms with van der Waals surface area (Å²) < 4.78 is 7.13. The van der Waals surface area contributed by atoms with Gasteiger partial charge in [-0.25, -0.2) is 4.79 Å². The third kappa shape index (κ3) is 5.31. The van der Waals surface area contributed by atoms with Gasteiger partial charge in [0, 0.05) is 18.3 Å². The first kappa shape index (κ1) is 20.3. The zero-order valence-corrected chi connectivity index (χ0v) is 16.7. The van der Waals surface area contributed by atoms with Gasteiger partial charge in [-0.3, -0.25) is 9.48 Å². The number of amides is 1. The van der Waals surface area contributed by atoms with Crippen molar-refractivity contribution in [3.8, 4) is 11.3 Å². The number of benzene rings is 2. The van der Waals surface area contributed by atoms with Crippen LogP contribution in [0.4, 0.5) is 0 Å². The van der Waals surface area contributed by atoms with Crippen LogP contribution in [0.15, 0.2) is 66.9 Å². The van der Waals surface area contributed by atoms with E-state index in [0.29, 0.717) is 24.3 Å². The molecule has 6 nitrogen and oxygen atoms in total. The predicted molar refractivity (Wildman–Crippen MR) is 111 cm³/mol.